The van der Waals surface area contributed by atoms with E-state index < -0.39 is 84.6 Å². The lowest BCUT2D eigenvalue weighted by atomic mass is 9.87. The number of hydrogen-bond acceptors (Lipinski definition) is 19. The first-order chi connectivity index (χ1) is 26.1. The molecule has 3 aromatic rings. The second-order valence-electron chi connectivity index (χ2n) is 12.4. The number of nitrogen functional groups attached to an aromatic ring is 1. The Morgan fingerprint density at radius 1 is 1.04 bits per heavy atom. The summed E-state index contributed by atoms with van der Waals surface area (Å²) in [6.45, 7) is 0.395. The summed E-state index contributed by atoms with van der Waals surface area (Å²) < 4.78 is 62.1. The maximum absolute atomic E-state index is 12.7. The van der Waals surface area contributed by atoms with E-state index in [4.69, 9.17) is 19.5 Å². The van der Waals surface area contributed by atoms with E-state index in [0.29, 0.717) is 0 Å². The van der Waals surface area contributed by atoms with Gasteiger partial charge in [0.15, 0.2) is 17.7 Å². The first-order valence-electron chi connectivity index (χ1n) is 16.1. The number of pyridine rings is 1. The number of ether oxygens (including phenoxy) is 1. The molecule has 0 spiro atoms. The van der Waals surface area contributed by atoms with Crippen LogP contribution in [0.5, 0.6) is 0 Å². The predicted octanol–water partition coefficient (Wildman–Crippen LogP) is -0.626. The number of aliphatic hydroxyl groups excluding tert-OH is 2. The Kier molecular flexibility index (Phi) is 15.4. The molecule has 56 heavy (non-hydrogen) atoms. The zero-order valence-electron chi connectivity index (χ0n) is 29.3. The predicted molar refractivity (Wildman–Crippen MR) is 191 cm³/mol. The number of nitrogens with two attached hydrogens (primary N) is 1. The maximum atomic E-state index is 12.7. The van der Waals surface area contributed by atoms with Crippen molar-refractivity contribution in [3.05, 3.63) is 42.7 Å². The third-order valence-electron chi connectivity index (χ3n) is 7.61. The molecule has 1 aliphatic heterocycles. The Labute approximate surface area is 321 Å². The molecule has 1 saturated heterocycles. The van der Waals surface area contributed by atoms with Gasteiger partial charge in [-0.05, 0) is 12.1 Å². The van der Waals surface area contributed by atoms with E-state index in [2.05, 4.69) is 39.4 Å². The number of nitrogens with one attached hydrogen (secondary N) is 2. The van der Waals surface area contributed by atoms with E-state index in [-0.39, 0.29) is 53.1 Å². The molecule has 1 fully saturated rings. The number of aromatic nitrogens is 5. The molecule has 0 aliphatic carbocycles. The lowest BCUT2D eigenvalue weighted by Gasteiger charge is -2.30. The number of imidazole rings is 1. The minimum absolute atomic E-state index is 0.0277. The van der Waals surface area contributed by atoms with E-state index in [1.807, 2.05) is 0 Å². The fraction of sp³-hybridized carbons (Fsp3) is 0.519. The number of phosphoric acid groups is 3. The Bertz CT molecular complexity index is 2010. The number of aliphatic hydroxyl groups is 2. The highest BCUT2D eigenvalue weighted by molar-refractivity contribution is 8.14. The number of hydrogen-bond donors (Lipinski definition) is 9. The number of rotatable bonds is 20. The van der Waals surface area contributed by atoms with Crippen LogP contribution in [0, 0.1) is 5.41 Å². The van der Waals surface area contributed by atoms with E-state index in [9.17, 15) is 57.9 Å². The molecule has 25 nitrogen and oxygen atoms in total. The molecule has 10 N–H and O–H groups in total. The van der Waals surface area contributed by atoms with Gasteiger partial charge in [0.1, 0.15) is 42.0 Å². The minimum Gasteiger partial charge on any atom is -0.386 e. The van der Waals surface area contributed by atoms with Gasteiger partial charge in [-0.3, -0.25) is 37.5 Å². The number of anilines is 1. The molecule has 0 saturated carbocycles. The van der Waals surface area contributed by atoms with Gasteiger partial charge in [-0.2, -0.15) is 4.31 Å². The van der Waals surface area contributed by atoms with Crippen LogP contribution in [0.15, 0.2) is 37.1 Å². The molecule has 2 amide bonds. The third kappa shape index (κ3) is 12.9. The molecule has 310 valence electrons. The van der Waals surface area contributed by atoms with E-state index in [1.54, 1.807) is 18.2 Å². The largest absolute Gasteiger partial charge is 0.481 e. The summed E-state index contributed by atoms with van der Waals surface area (Å²) in [5.41, 5.74) is 4.52. The molecule has 3 aromatic heterocycles. The Morgan fingerprint density at radius 3 is 2.43 bits per heavy atom. The molecule has 29 heteroatoms. The van der Waals surface area contributed by atoms with Crippen molar-refractivity contribution in [2.45, 2.75) is 50.9 Å². The summed E-state index contributed by atoms with van der Waals surface area (Å²) in [7, 11) is -16.4. The Morgan fingerprint density at radius 2 is 1.75 bits per heavy atom. The van der Waals surface area contributed by atoms with Crippen molar-refractivity contribution in [1.82, 2.24) is 35.1 Å². The van der Waals surface area contributed by atoms with Crippen LogP contribution in [0.4, 0.5) is 5.82 Å². The zero-order valence-corrected chi connectivity index (χ0v) is 32.8. The smallest absolute Gasteiger partial charge is 0.386 e. The SMILES string of the molecule is CC(C)(COP(=O)(O)OP(=O)(O)OC[C@H]1O[C@@H](n2cnc3c(N)ncnc32)[C@H](O)[C@@H]1OP(=O)(O)O)[C@@H](O)C(=O)NCCC(=O)NCCSC(=O)c1ccccn1. The standard InChI is InChI=1S/C27H39N8O17P3S/c1-27(2,21(38)24(39)31-8-6-17(36)30-9-10-56-26(40)15-5-3-4-7-29-15)12-49-55(46,47)52-54(44,45)48-11-16-20(51-53(41,42)43)19(37)25(50-16)35-14-34-18-22(28)32-13-33-23(18)35/h3-5,7,13-14,16,19-21,25,37-38H,6,8-12H2,1-2H3,(H,30,36)(H,31,39)(H,44,45)(H,46,47)(H2,28,32,33)(H2,41,42,43)/t16-,19-,20-,21+,25-/m1/s1. The Hall–Kier alpha value is -3.29. The topological polar surface area (TPSA) is 377 Å². The number of nitrogens with zero attached hydrogens (tertiary/aromatic N) is 5. The lowest BCUT2D eigenvalue weighted by Crippen LogP contribution is -2.46. The Balaban J connectivity index is 1.23. The highest BCUT2D eigenvalue weighted by atomic mass is 32.2. The van der Waals surface area contributed by atoms with Crippen molar-refractivity contribution in [3.63, 3.8) is 0 Å². The summed E-state index contributed by atoms with van der Waals surface area (Å²) in [4.78, 5) is 91.6. The van der Waals surface area contributed by atoms with Gasteiger partial charge in [-0.1, -0.05) is 31.7 Å². The molecule has 0 radical (unpaired) electrons. The summed E-state index contributed by atoms with van der Waals surface area (Å²) in [5, 5.41) is 26.1. The number of phosphoric ester groups is 3. The van der Waals surface area contributed by atoms with Crippen LogP contribution in [-0.4, -0.2) is 128 Å². The van der Waals surface area contributed by atoms with Crippen molar-refractivity contribution in [2.75, 3.05) is 37.8 Å². The number of carbonyl (C=O) groups is 3. The normalized spacial score (nSPS) is 21.6. The quantitative estimate of drug-likeness (QED) is 0.0504. The summed E-state index contributed by atoms with van der Waals surface area (Å²) in [6.07, 6.45) is -5.48. The molecule has 7 atom stereocenters. The van der Waals surface area contributed by atoms with Crippen molar-refractivity contribution in [3.8, 4) is 0 Å². The maximum Gasteiger partial charge on any atom is 0.481 e. The van der Waals surface area contributed by atoms with Gasteiger partial charge < -0.3 is 50.9 Å². The van der Waals surface area contributed by atoms with Gasteiger partial charge in [0, 0.05) is 36.9 Å². The van der Waals surface area contributed by atoms with Crippen molar-refractivity contribution in [1.29, 1.82) is 0 Å². The van der Waals surface area contributed by atoms with Gasteiger partial charge in [0.05, 0.1) is 19.5 Å². The minimum atomic E-state index is -5.57. The first-order valence-corrected chi connectivity index (χ1v) is 21.6. The molecule has 0 aromatic carbocycles. The van der Waals surface area contributed by atoms with Crippen LogP contribution in [-0.2, 0) is 45.9 Å². The van der Waals surface area contributed by atoms with Crippen LogP contribution in [0.1, 0.15) is 37.0 Å². The average Bonchev–Trinajstić information content (AvgIpc) is 3.68. The molecule has 4 rings (SSSR count). The van der Waals surface area contributed by atoms with Crippen LogP contribution < -0.4 is 16.4 Å². The van der Waals surface area contributed by atoms with E-state index >= 15 is 0 Å². The van der Waals surface area contributed by atoms with Gasteiger partial charge in [0.2, 0.25) is 16.9 Å². The summed E-state index contributed by atoms with van der Waals surface area (Å²) in [6, 6.07) is 4.89. The van der Waals surface area contributed by atoms with Crippen LogP contribution in [0.2, 0.25) is 0 Å². The van der Waals surface area contributed by atoms with Gasteiger partial charge in [-0.15, -0.1) is 0 Å². The van der Waals surface area contributed by atoms with Crippen LogP contribution >= 0.6 is 35.2 Å². The fourth-order valence-electron chi connectivity index (χ4n) is 4.83. The third-order valence-corrected chi connectivity index (χ3v) is 11.6. The second-order valence-corrected chi connectivity index (χ2v) is 17.7. The molecule has 4 heterocycles. The van der Waals surface area contributed by atoms with Gasteiger partial charge >= 0.3 is 23.5 Å². The second kappa shape index (κ2) is 19.0. The average molecular weight is 873 g/mol. The lowest BCUT2D eigenvalue weighted by molar-refractivity contribution is -0.137. The number of fused-ring (bicyclic) bond motifs is 1. The summed E-state index contributed by atoms with van der Waals surface area (Å²) in [5.74, 6) is -1.23. The molecule has 2 unspecified atom stereocenters. The molecule has 0 bridgehead atoms. The summed E-state index contributed by atoms with van der Waals surface area (Å²) >= 11 is 0.961. The van der Waals surface area contributed by atoms with Crippen LogP contribution in [0.25, 0.3) is 11.2 Å². The van der Waals surface area contributed by atoms with E-state index in [1.165, 1.54) is 20.0 Å². The highest BCUT2D eigenvalue weighted by Gasteiger charge is 2.50. The zero-order chi connectivity index (χ0) is 41.5. The number of amides is 2. The molecular formula is C27H39N8O17P3S. The fourth-order valence-corrected chi connectivity index (χ4v) is 8.32. The number of thioether (sulfide) groups is 1. The van der Waals surface area contributed by atoms with Crippen molar-refractivity contribution in [2.24, 2.45) is 5.41 Å². The van der Waals surface area contributed by atoms with Crippen LogP contribution in [0.3, 0.4) is 0 Å². The van der Waals surface area contributed by atoms with Gasteiger partial charge in [0.25, 0.3) is 0 Å². The monoisotopic (exact) mass is 872 g/mol. The number of carbonyl (C=O) groups excluding carboxylic acids is 3. The van der Waals surface area contributed by atoms with Crippen molar-refractivity contribution >= 4 is 69.1 Å². The van der Waals surface area contributed by atoms with E-state index in [0.717, 1.165) is 29.0 Å². The van der Waals surface area contributed by atoms with Gasteiger partial charge in [-0.25, -0.2) is 28.6 Å². The van der Waals surface area contributed by atoms with Crippen molar-refractivity contribution < 1.29 is 80.5 Å². The molecule has 1 aliphatic rings. The first kappa shape index (κ1) is 45.4. The molecular weight excluding hydrogens is 833 g/mol. The highest BCUT2D eigenvalue weighted by Crippen LogP contribution is 2.61.